The molecule has 152 valence electrons. The Hall–Kier alpha value is -2.18. The quantitative estimate of drug-likeness (QED) is 0.685. The van der Waals surface area contributed by atoms with Crippen molar-refractivity contribution in [3.05, 3.63) is 75.6 Å². The maximum atomic E-state index is 13.6. The lowest BCUT2D eigenvalue weighted by atomic mass is 9.81. The van der Waals surface area contributed by atoms with Crippen LogP contribution in [0.2, 0.25) is 5.02 Å². The van der Waals surface area contributed by atoms with Crippen LogP contribution in [0.1, 0.15) is 35.7 Å². The fraction of sp³-hybridized carbons (Fsp3) is 0.364. The molecule has 0 radical (unpaired) electrons. The number of fused-ring (bicyclic) bond motifs is 2. The van der Waals surface area contributed by atoms with Gasteiger partial charge in [0.05, 0.1) is 5.69 Å². The highest BCUT2D eigenvalue weighted by Gasteiger charge is 2.52. The molecule has 1 aromatic carbocycles. The molecule has 0 spiro atoms. The minimum Gasteiger partial charge on any atom is -0.339 e. The number of sulfone groups is 1. The second-order valence-electron chi connectivity index (χ2n) is 7.71. The molecule has 0 bridgehead atoms. The van der Waals surface area contributed by atoms with E-state index in [1.165, 1.54) is 13.2 Å². The number of nitrogens with zero attached hydrogens (tertiary/aromatic N) is 2. The van der Waals surface area contributed by atoms with Gasteiger partial charge in [0.2, 0.25) is 5.91 Å². The third-order valence-corrected chi connectivity index (χ3v) is 8.02. The van der Waals surface area contributed by atoms with E-state index in [1.807, 2.05) is 30.3 Å². The Bertz CT molecular complexity index is 1130. The number of hydrogen-bond donors (Lipinski definition) is 0. The first-order valence-electron chi connectivity index (χ1n) is 9.63. The van der Waals surface area contributed by atoms with Crippen molar-refractivity contribution >= 4 is 27.3 Å². The normalized spacial score (nSPS) is 21.6. The van der Waals surface area contributed by atoms with Crippen LogP contribution in [0, 0.1) is 0 Å². The SMILES string of the molecule is CC(=O)N1CC=C(C2(S(C)(=O)=O)c3ccc(Cl)cc3CCc3cccnc32)CC1. The average Bonchev–Trinajstić information content (AvgIpc) is 2.82. The van der Waals surface area contributed by atoms with Gasteiger partial charge in [0.15, 0.2) is 14.6 Å². The molecule has 4 rings (SSSR count). The molecule has 1 unspecified atom stereocenters. The minimum absolute atomic E-state index is 0.0136. The Morgan fingerprint density at radius 1 is 1.17 bits per heavy atom. The van der Waals surface area contributed by atoms with Gasteiger partial charge in [0.25, 0.3) is 0 Å². The molecule has 0 N–H and O–H groups in total. The molecule has 0 saturated heterocycles. The van der Waals surface area contributed by atoms with Gasteiger partial charge < -0.3 is 4.90 Å². The van der Waals surface area contributed by atoms with Gasteiger partial charge in [0, 0.05) is 37.5 Å². The van der Waals surface area contributed by atoms with Crippen molar-refractivity contribution in [2.45, 2.75) is 30.9 Å². The number of pyridine rings is 1. The van der Waals surface area contributed by atoms with Crippen molar-refractivity contribution in [1.82, 2.24) is 9.88 Å². The minimum atomic E-state index is -3.67. The van der Waals surface area contributed by atoms with Crippen molar-refractivity contribution in [2.24, 2.45) is 0 Å². The lowest BCUT2D eigenvalue weighted by Crippen LogP contribution is -2.44. The molecule has 1 aromatic heterocycles. The molecule has 2 aromatic rings. The Morgan fingerprint density at radius 3 is 2.59 bits per heavy atom. The maximum Gasteiger partial charge on any atom is 0.219 e. The zero-order chi connectivity index (χ0) is 20.8. The molecule has 1 aliphatic carbocycles. The van der Waals surface area contributed by atoms with Crippen LogP contribution in [0.4, 0.5) is 0 Å². The summed E-state index contributed by atoms with van der Waals surface area (Å²) in [5.74, 6) is -0.0136. The third kappa shape index (κ3) is 3.19. The van der Waals surface area contributed by atoms with E-state index in [0.29, 0.717) is 43.1 Å². The van der Waals surface area contributed by atoms with E-state index in [4.69, 9.17) is 11.6 Å². The monoisotopic (exact) mass is 430 g/mol. The van der Waals surface area contributed by atoms with E-state index < -0.39 is 14.6 Å². The second kappa shape index (κ2) is 7.26. The van der Waals surface area contributed by atoms with Crippen molar-refractivity contribution in [3.63, 3.8) is 0 Å². The lowest BCUT2D eigenvalue weighted by Gasteiger charge is -2.39. The number of amides is 1. The summed E-state index contributed by atoms with van der Waals surface area (Å²) in [5.41, 5.74) is 3.94. The van der Waals surface area contributed by atoms with Crippen molar-refractivity contribution in [3.8, 4) is 0 Å². The van der Waals surface area contributed by atoms with Crippen LogP contribution in [-0.2, 0) is 32.2 Å². The third-order valence-electron chi connectivity index (χ3n) is 6.00. The summed E-state index contributed by atoms with van der Waals surface area (Å²) in [6.45, 7) is 2.42. The number of carbonyl (C=O) groups is 1. The molecule has 1 aliphatic heterocycles. The number of hydrogen-bond acceptors (Lipinski definition) is 4. The van der Waals surface area contributed by atoms with Crippen molar-refractivity contribution in [1.29, 1.82) is 0 Å². The van der Waals surface area contributed by atoms with E-state index >= 15 is 0 Å². The summed E-state index contributed by atoms with van der Waals surface area (Å²) in [4.78, 5) is 18.1. The number of aryl methyl sites for hydroxylation is 2. The molecular weight excluding hydrogens is 408 g/mol. The standard InChI is InChI=1S/C22H23ClN2O3S/c1-15(26)25-12-9-18(10-13-25)22(29(2,27)28)20-8-7-19(23)14-17(20)6-5-16-4-3-11-24-21(16)22/h3-4,7-9,11,14H,5-6,10,12-13H2,1-2H3. The molecule has 1 atom stereocenters. The molecule has 5 nitrogen and oxygen atoms in total. The molecule has 1 amide bonds. The van der Waals surface area contributed by atoms with E-state index in [0.717, 1.165) is 22.3 Å². The highest BCUT2D eigenvalue weighted by atomic mass is 35.5. The first kappa shape index (κ1) is 20.1. The summed E-state index contributed by atoms with van der Waals surface area (Å²) in [5, 5.41) is 0.588. The number of benzene rings is 1. The molecule has 7 heteroatoms. The van der Waals surface area contributed by atoms with Crippen molar-refractivity contribution in [2.75, 3.05) is 19.3 Å². The number of aromatic nitrogens is 1. The highest BCUT2D eigenvalue weighted by Crippen LogP contribution is 2.49. The van der Waals surface area contributed by atoms with Crippen LogP contribution in [0.15, 0.2) is 48.2 Å². The predicted molar refractivity (Wildman–Crippen MR) is 114 cm³/mol. The molecule has 29 heavy (non-hydrogen) atoms. The van der Waals surface area contributed by atoms with Gasteiger partial charge in [-0.3, -0.25) is 9.78 Å². The van der Waals surface area contributed by atoms with Gasteiger partial charge in [-0.25, -0.2) is 8.42 Å². The first-order chi connectivity index (χ1) is 13.7. The zero-order valence-corrected chi connectivity index (χ0v) is 18.1. The summed E-state index contributed by atoms with van der Waals surface area (Å²) in [7, 11) is -3.67. The molecule has 0 fully saturated rings. The average molecular weight is 431 g/mol. The number of carbonyl (C=O) groups excluding carboxylic acids is 1. The summed E-state index contributed by atoms with van der Waals surface area (Å²) < 4.78 is 25.8. The maximum absolute atomic E-state index is 13.6. The largest absolute Gasteiger partial charge is 0.339 e. The molecular formula is C22H23ClN2O3S. The Balaban J connectivity index is 2.07. The van der Waals surface area contributed by atoms with Gasteiger partial charge in [-0.2, -0.15) is 0 Å². The fourth-order valence-corrected chi connectivity index (χ4v) is 6.67. The van der Waals surface area contributed by atoms with Crippen LogP contribution < -0.4 is 0 Å². The second-order valence-corrected chi connectivity index (χ2v) is 10.3. The van der Waals surface area contributed by atoms with Crippen molar-refractivity contribution < 1.29 is 13.2 Å². The van der Waals surface area contributed by atoms with Crippen LogP contribution >= 0.6 is 11.6 Å². The molecule has 0 saturated carbocycles. The topological polar surface area (TPSA) is 67.3 Å². The van der Waals surface area contributed by atoms with Gasteiger partial charge in [-0.05, 0) is 59.7 Å². The predicted octanol–water partition coefficient (Wildman–Crippen LogP) is 3.30. The van der Waals surface area contributed by atoms with Crippen LogP contribution in [0.3, 0.4) is 0 Å². The van der Waals surface area contributed by atoms with E-state index in [1.54, 1.807) is 17.2 Å². The van der Waals surface area contributed by atoms with Crippen LogP contribution in [-0.4, -0.2) is 43.6 Å². The van der Waals surface area contributed by atoms with Gasteiger partial charge in [-0.1, -0.05) is 29.8 Å². The van der Waals surface area contributed by atoms with E-state index in [9.17, 15) is 13.2 Å². The zero-order valence-electron chi connectivity index (χ0n) is 16.5. The smallest absolute Gasteiger partial charge is 0.219 e. The van der Waals surface area contributed by atoms with Crippen LogP contribution in [0.25, 0.3) is 0 Å². The lowest BCUT2D eigenvalue weighted by molar-refractivity contribution is -0.128. The van der Waals surface area contributed by atoms with Gasteiger partial charge in [0.1, 0.15) is 0 Å². The summed E-state index contributed by atoms with van der Waals surface area (Å²) in [6.07, 6.45) is 6.70. The highest BCUT2D eigenvalue weighted by molar-refractivity contribution is 7.92. The molecule has 2 aliphatic rings. The first-order valence-corrected chi connectivity index (χ1v) is 11.9. The Morgan fingerprint density at radius 2 is 1.93 bits per heavy atom. The fourth-order valence-electron chi connectivity index (χ4n) is 4.68. The van der Waals surface area contributed by atoms with Crippen LogP contribution in [0.5, 0.6) is 0 Å². The van der Waals surface area contributed by atoms with E-state index in [2.05, 4.69) is 4.98 Å². The van der Waals surface area contributed by atoms with E-state index in [-0.39, 0.29) is 5.91 Å². The summed E-state index contributed by atoms with van der Waals surface area (Å²) >= 11 is 6.26. The summed E-state index contributed by atoms with van der Waals surface area (Å²) in [6, 6.07) is 9.26. The number of halogens is 1. The Labute approximate surface area is 176 Å². The van der Waals surface area contributed by atoms with Gasteiger partial charge in [-0.15, -0.1) is 0 Å². The van der Waals surface area contributed by atoms with Gasteiger partial charge >= 0.3 is 0 Å². The number of rotatable bonds is 2. The Kier molecular flexibility index (Phi) is 5.03. The molecule has 2 heterocycles.